The molecule has 4 rings (SSSR count). The highest BCUT2D eigenvalue weighted by Crippen LogP contribution is 2.24. The molecule has 0 spiro atoms. The van der Waals surface area contributed by atoms with Gasteiger partial charge in [0.25, 0.3) is 5.91 Å². The minimum atomic E-state index is -0.512. The SMILES string of the molecule is Cc1cc(C(=O)NCc2ncc(F)cn2)cnc1N1CCc2ncccc2C1. The molecule has 0 aliphatic carbocycles. The second-order valence-corrected chi connectivity index (χ2v) is 6.65. The lowest BCUT2D eigenvalue weighted by Crippen LogP contribution is -2.32. The minimum Gasteiger partial charge on any atom is -0.352 e. The second-order valence-electron chi connectivity index (χ2n) is 6.65. The van der Waals surface area contributed by atoms with Crippen LogP contribution in [0.2, 0.25) is 0 Å². The summed E-state index contributed by atoms with van der Waals surface area (Å²) in [7, 11) is 0. The third-order valence-corrected chi connectivity index (χ3v) is 4.66. The van der Waals surface area contributed by atoms with Crippen molar-refractivity contribution >= 4 is 11.7 Å². The number of nitrogens with zero attached hydrogens (tertiary/aromatic N) is 5. The van der Waals surface area contributed by atoms with Crippen molar-refractivity contribution in [3.8, 4) is 0 Å². The molecule has 7 nitrogen and oxygen atoms in total. The summed E-state index contributed by atoms with van der Waals surface area (Å²) in [6, 6.07) is 5.85. The molecule has 0 radical (unpaired) electrons. The van der Waals surface area contributed by atoms with E-state index in [9.17, 15) is 9.18 Å². The van der Waals surface area contributed by atoms with Crippen LogP contribution in [0.4, 0.5) is 10.2 Å². The molecule has 8 heteroatoms. The van der Waals surface area contributed by atoms with Crippen LogP contribution in [0.15, 0.2) is 43.0 Å². The van der Waals surface area contributed by atoms with Crippen molar-refractivity contribution in [3.05, 3.63) is 77.0 Å². The van der Waals surface area contributed by atoms with Crippen molar-refractivity contribution in [2.75, 3.05) is 11.4 Å². The lowest BCUT2D eigenvalue weighted by molar-refractivity contribution is 0.0949. The molecule has 1 amide bonds. The second kappa shape index (κ2) is 7.67. The van der Waals surface area contributed by atoms with Crippen LogP contribution in [0, 0.1) is 12.7 Å². The van der Waals surface area contributed by atoms with Crippen LogP contribution in [0.5, 0.6) is 0 Å². The maximum Gasteiger partial charge on any atom is 0.253 e. The zero-order chi connectivity index (χ0) is 19.5. The van der Waals surface area contributed by atoms with Gasteiger partial charge in [-0.25, -0.2) is 19.3 Å². The highest BCUT2D eigenvalue weighted by Gasteiger charge is 2.20. The summed E-state index contributed by atoms with van der Waals surface area (Å²) in [5, 5.41) is 2.73. The summed E-state index contributed by atoms with van der Waals surface area (Å²) in [6.07, 6.45) is 6.41. The highest BCUT2D eigenvalue weighted by atomic mass is 19.1. The molecule has 0 saturated carbocycles. The molecule has 0 fully saturated rings. The van der Waals surface area contributed by atoms with Gasteiger partial charge < -0.3 is 10.2 Å². The molecule has 1 aliphatic heterocycles. The number of aryl methyl sites for hydroxylation is 1. The van der Waals surface area contributed by atoms with Crippen LogP contribution in [0.1, 0.15) is 33.0 Å². The lowest BCUT2D eigenvalue weighted by atomic mass is 10.0. The van der Waals surface area contributed by atoms with Crippen LogP contribution >= 0.6 is 0 Å². The van der Waals surface area contributed by atoms with E-state index in [-0.39, 0.29) is 12.5 Å². The third kappa shape index (κ3) is 3.80. The number of carbonyl (C=O) groups excluding carboxylic acids is 1. The van der Waals surface area contributed by atoms with E-state index < -0.39 is 5.82 Å². The van der Waals surface area contributed by atoms with E-state index in [0.29, 0.717) is 11.4 Å². The van der Waals surface area contributed by atoms with Crippen LogP contribution in [-0.4, -0.2) is 32.4 Å². The van der Waals surface area contributed by atoms with E-state index in [1.54, 1.807) is 6.20 Å². The number of pyridine rings is 2. The predicted molar refractivity (Wildman–Crippen MR) is 101 cm³/mol. The summed E-state index contributed by atoms with van der Waals surface area (Å²) in [5.41, 5.74) is 3.73. The number of amides is 1. The Morgan fingerprint density at radius 2 is 2.04 bits per heavy atom. The molecule has 28 heavy (non-hydrogen) atoms. The Bertz CT molecular complexity index is 1010. The van der Waals surface area contributed by atoms with Gasteiger partial charge in [-0.2, -0.15) is 0 Å². The van der Waals surface area contributed by atoms with E-state index in [4.69, 9.17) is 0 Å². The molecule has 4 heterocycles. The molecule has 0 bridgehead atoms. The fourth-order valence-corrected chi connectivity index (χ4v) is 3.26. The molecule has 0 unspecified atom stereocenters. The number of aromatic nitrogens is 4. The van der Waals surface area contributed by atoms with Gasteiger partial charge in [0.1, 0.15) is 11.6 Å². The fraction of sp³-hybridized carbons (Fsp3) is 0.250. The first-order chi connectivity index (χ1) is 13.6. The van der Waals surface area contributed by atoms with Gasteiger partial charge in [-0.1, -0.05) is 6.07 Å². The molecule has 3 aromatic rings. The topological polar surface area (TPSA) is 83.9 Å². The molecule has 3 aromatic heterocycles. The van der Waals surface area contributed by atoms with Crippen molar-refractivity contribution in [1.29, 1.82) is 0 Å². The molecule has 1 N–H and O–H groups in total. The van der Waals surface area contributed by atoms with Gasteiger partial charge in [-0.05, 0) is 30.2 Å². The third-order valence-electron chi connectivity index (χ3n) is 4.66. The Kier molecular flexibility index (Phi) is 4.92. The zero-order valence-corrected chi connectivity index (χ0v) is 15.4. The van der Waals surface area contributed by atoms with Crippen molar-refractivity contribution < 1.29 is 9.18 Å². The number of carbonyl (C=O) groups is 1. The number of nitrogens with one attached hydrogen (secondary N) is 1. The van der Waals surface area contributed by atoms with Crippen molar-refractivity contribution in [3.63, 3.8) is 0 Å². The van der Waals surface area contributed by atoms with Crippen molar-refractivity contribution in [2.45, 2.75) is 26.4 Å². The Balaban J connectivity index is 1.44. The number of halogens is 1. The number of hydrogen-bond donors (Lipinski definition) is 1. The number of fused-ring (bicyclic) bond motifs is 1. The predicted octanol–water partition coefficient (Wildman–Crippen LogP) is 2.21. The van der Waals surface area contributed by atoms with E-state index in [1.165, 1.54) is 5.56 Å². The van der Waals surface area contributed by atoms with Crippen LogP contribution in [0.25, 0.3) is 0 Å². The smallest absolute Gasteiger partial charge is 0.253 e. The van der Waals surface area contributed by atoms with Gasteiger partial charge in [-0.15, -0.1) is 0 Å². The van der Waals surface area contributed by atoms with E-state index in [0.717, 1.165) is 49.0 Å². The van der Waals surface area contributed by atoms with Crippen LogP contribution in [-0.2, 0) is 19.5 Å². The average Bonchev–Trinajstić information content (AvgIpc) is 2.72. The van der Waals surface area contributed by atoms with Gasteiger partial charge in [0, 0.05) is 37.6 Å². The number of rotatable bonds is 4. The van der Waals surface area contributed by atoms with E-state index >= 15 is 0 Å². The van der Waals surface area contributed by atoms with Gasteiger partial charge in [0.05, 0.1) is 24.5 Å². The highest BCUT2D eigenvalue weighted by molar-refractivity contribution is 5.94. The van der Waals surface area contributed by atoms with Gasteiger partial charge >= 0.3 is 0 Å². The maximum atomic E-state index is 12.8. The number of hydrogen-bond acceptors (Lipinski definition) is 6. The first kappa shape index (κ1) is 18.0. The molecule has 1 aliphatic rings. The Morgan fingerprint density at radius 3 is 2.82 bits per heavy atom. The molecule has 0 atom stereocenters. The van der Waals surface area contributed by atoms with Gasteiger partial charge in [-0.3, -0.25) is 9.78 Å². The first-order valence-electron chi connectivity index (χ1n) is 8.99. The zero-order valence-electron chi connectivity index (χ0n) is 15.4. The molecular formula is C20H19FN6O. The van der Waals surface area contributed by atoms with Crippen LogP contribution in [0.3, 0.4) is 0 Å². The van der Waals surface area contributed by atoms with Gasteiger partial charge in [0.15, 0.2) is 5.82 Å². The summed E-state index contributed by atoms with van der Waals surface area (Å²) < 4.78 is 12.8. The molecule has 142 valence electrons. The Morgan fingerprint density at radius 1 is 1.21 bits per heavy atom. The maximum absolute atomic E-state index is 12.8. The first-order valence-corrected chi connectivity index (χ1v) is 8.99. The largest absolute Gasteiger partial charge is 0.352 e. The molecule has 0 aromatic carbocycles. The Labute approximate surface area is 161 Å². The molecular weight excluding hydrogens is 359 g/mol. The number of anilines is 1. The monoisotopic (exact) mass is 378 g/mol. The van der Waals surface area contributed by atoms with Crippen molar-refractivity contribution in [2.24, 2.45) is 0 Å². The Hall–Kier alpha value is -3.42. The summed E-state index contributed by atoms with van der Waals surface area (Å²) in [6.45, 7) is 3.66. The van der Waals surface area contributed by atoms with Crippen LogP contribution < -0.4 is 10.2 Å². The summed E-state index contributed by atoms with van der Waals surface area (Å²) >= 11 is 0. The minimum absolute atomic E-state index is 0.121. The quantitative estimate of drug-likeness (QED) is 0.749. The van der Waals surface area contributed by atoms with Crippen molar-refractivity contribution in [1.82, 2.24) is 25.3 Å². The van der Waals surface area contributed by atoms with E-state index in [2.05, 4.69) is 36.2 Å². The summed E-state index contributed by atoms with van der Waals surface area (Å²) in [5.74, 6) is 0.425. The normalized spacial score (nSPS) is 13.1. The summed E-state index contributed by atoms with van der Waals surface area (Å²) in [4.78, 5) is 31.2. The average molecular weight is 378 g/mol. The van der Waals surface area contributed by atoms with E-state index in [1.807, 2.05) is 25.3 Å². The molecule has 0 saturated heterocycles. The fourth-order valence-electron chi connectivity index (χ4n) is 3.26. The standard InChI is InChI=1S/C20H19FN6O/c1-13-7-15(20(28)26-11-18-23-9-16(21)10-24-18)8-25-19(13)27-6-4-17-14(12-27)3-2-5-22-17/h2-3,5,7-10H,4,6,11-12H2,1H3,(H,26,28). The van der Waals surface area contributed by atoms with Gasteiger partial charge in [0.2, 0.25) is 0 Å². The lowest BCUT2D eigenvalue weighted by Gasteiger charge is -2.30.